The molecule has 0 aliphatic rings. The van der Waals surface area contributed by atoms with Crippen molar-refractivity contribution in [2.24, 2.45) is 0 Å². The smallest absolute Gasteiger partial charge is 0.0650 e. The summed E-state index contributed by atoms with van der Waals surface area (Å²) in [6.45, 7) is 6.33. The molecular formula is C16H16BrCl. The molecule has 0 aliphatic carbocycles. The van der Waals surface area contributed by atoms with E-state index in [1.807, 2.05) is 12.1 Å². The van der Waals surface area contributed by atoms with Crippen molar-refractivity contribution in [3.8, 4) is 0 Å². The molecular weight excluding hydrogens is 308 g/mol. The lowest BCUT2D eigenvalue weighted by Crippen LogP contribution is -1.99. The van der Waals surface area contributed by atoms with Gasteiger partial charge in [-0.25, -0.2) is 0 Å². The molecule has 94 valence electrons. The molecule has 2 aromatic rings. The predicted molar refractivity (Wildman–Crippen MR) is 82.9 cm³/mol. The number of aryl methyl sites for hydroxylation is 2. The summed E-state index contributed by atoms with van der Waals surface area (Å²) in [7, 11) is 0. The maximum Gasteiger partial charge on any atom is 0.0650 e. The second-order valence-electron chi connectivity index (χ2n) is 4.68. The summed E-state index contributed by atoms with van der Waals surface area (Å²) in [6.07, 6.45) is 0. The molecule has 0 aromatic heterocycles. The Balaban J connectivity index is 2.48. The van der Waals surface area contributed by atoms with Crippen LogP contribution in [0.25, 0.3) is 0 Å². The normalized spacial score (nSPS) is 12.5. The monoisotopic (exact) mass is 322 g/mol. The maximum atomic E-state index is 6.19. The Morgan fingerprint density at radius 2 is 1.72 bits per heavy atom. The van der Waals surface area contributed by atoms with Crippen molar-refractivity contribution in [1.82, 2.24) is 0 Å². The molecule has 0 aliphatic heterocycles. The van der Waals surface area contributed by atoms with Crippen LogP contribution in [0.2, 0.25) is 5.02 Å². The first kappa shape index (κ1) is 13.6. The number of hydrogen-bond acceptors (Lipinski definition) is 0. The lowest BCUT2D eigenvalue weighted by Gasteiger charge is -2.17. The van der Waals surface area contributed by atoms with Crippen molar-refractivity contribution in [3.63, 3.8) is 0 Å². The van der Waals surface area contributed by atoms with Crippen LogP contribution in [-0.4, -0.2) is 0 Å². The molecule has 0 saturated heterocycles. The van der Waals surface area contributed by atoms with Gasteiger partial charge in [0.25, 0.3) is 0 Å². The Morgan fingerprint density at radius 1 is 1.00 bits per heavy atom. The van der Waals surface area contributed by atoms with Gasteiger partial charge in [-0.1, -0.05) is 63.4 Å². The molecule has 2 aromatic carbocycles. The van der Waals surface area contributed by atoms with Gasteiger partial charge in [0.1, 0.15) is 0 Å². The highest BCUT2D eigenvalue weighted by atomic mass is 79.9. The van der Waals surface area contributed by atoms with Gasteiger partial charge in [0.2, 0.25) is 0 Å². The Labute approximate surface area is 122 Å². The predicted octanol–water partition coefficient (Wildman–Crippen LogP) is 5.75. The molecule has 1 atom stereocenters. The van der Waals surface area contributed by atoms with Crippen LogP contribution in [0.4, 0.5) is 0 Å². The first-order valence-corrected chi connectivity index (χ1v) is 7.26. The SMILES string of the molecule is Cc1ccc(C(Br)c2cccc(Cl)c2C)c(C)c1. The van der Waals surface area contributed by atoms with E-state index in [1.165, 1.54) is 22.3 Å². The molecule has 0 heterocycles. The minimum atomic E-state index is 0.191. The summed E-state index contributed by atoms with van der Waals surface area (Å²) in [4.78, 5) is 0.191. The van der Waals surface area contributed by atoms with E-state index < -0.39 is 0 Å². The van der Waals surface area contributed by atoms with E-state index in [9.17, 15) is 0 Å². The fourth-order valence-electron chi connectivity index (χ4n) is 2.18. The van der Waals surface area contributed by atoms with E-state index in [1.54, 1.807) is 0 Å². The highest BCUT2D eigenvalue weighted by Crippen LogP contribution is 2.36. The van der Waals surface area contributed by atoms with Crippen molar-refractivity contribution in [2.45, 2.75) is 25.6 Å². The molecule has 0 saturated carbocycles. The molecule has 0 nitrogen and oxygen atoms in total. The molecule has 0 N–H and O–H groups in total. The van der Waals surface area contributed by atoms with Crippen LogP contribution in [0.5, 0.6) is 0 Å². The highest BCUT2D eigenvalue weighted by Gasteiger charge is 2.15. The topological polar surface area (TPSA) is 0 Å². The molecule has 1 unspecified atom stereocenters. The number of benzene rings is 2. The molecule has 0 bridgehead atoms. The zero-order chi connectivity index (χ0) is 13.3. The van der Waals surface area contributed by atoms with Gasteiger partial charge in [0.05, 0.1) is 4.83 Å². The summed E-state index contributed by atoms with van der Waals surface area (Å²) in [5.41, 5.74) is 6.26. The van der Waals surface area contributed by atoms with E-state index in [-0.39, 0.29) is 4.83 Å². The van der Waals surface area contributed by atoms with Gasteiger partial charge in [-0.15, -0.1) is 0 Å². The van der Waals surface area contributed by atoms with Gasteiger partial charge in [0, 0.05) is 5.02 Å². The zero-order valence-electron chi connectivity index (χ0n) is 10.8. The molecule has 18 heavy (non-hydrogen) atoms. The average molecular weight is 324 g/mol. The molecule has 2 rings (SSSR count). The summed E-state index contributed by atoms with van der Waals surface area (Å²) >= 11 is 9.99. The number of halogens is 2. The Kier molecular flexibility index (Phi) is 4.14. The quantitative estimate of drug-likeness (QED) is 0.617. The summed E-state index contributed by atoms with van der Waals surface area (Å²) in [5.74, 6) is 0. The zero-order valence-corrected chi connectivity index (χ0v) is 13.1. The lowest BCUT2D eigenvalue weighted by atomic mass is 9.96. The van der Waals surface area contributed by atoms with Gasteiger partial charge < -0.3 is 0 Å². The van der Waals surface area contributed by atoms with Crippen molar-refractivity contribution in [2.75, 3.05) is 0 Å². The van der Waals surface area contributed by atoms with E-state index in [0.29, 0.717) is 0 Å². The van der Waals surface area contributed by atoms with Crippen LogP contribution in [0, 0.1) is 20.8 Å². The molecule has 2 heteroatoms. The molecule has 0 radical (unpaired) electrons. The van der Waals surface area contributed by atoms with E-state index in [0.717, 1.165) is 10.6 Å². The van der Waals surface area contributed by atoms with Gasteiger partial charge in [-0.2, -0.15) is 0 Å². The second-order valence-corrected chi connectivity index (χ2v) is 6.00. The fraction of sp³-hybridized carbons (Fsp3) is 0.250. The molecule has 0 fully saturated rings. The van der Waals surface area contributed by atoms with E-state index >= 15 is 0 Å². The van der Waals surface area contributed by atoms with Crippen LogP contribution in [0.15, 0.2) is 36.4 Å². The standard InChI is InChI=1S/C16H16BrCl/c1-10-7-8-13(11(2)9-10)16(17)14-5-4-6-15(18)12(14)3/h4-9,16H,1-3H3. The lowest BCUT2D eigenvalue weighted by molar-refractivity contribution is 1.11. The van der Waals surface area contributed by atoms with Crippen molar-refractivity contribution >= 4 is 27.5 Å². The summed E-state index contributed by atoms with van der Waals surface area (Å²) in [6, 6.07) is 12.6. The number of rotatable bonds is 2. The Bertz CT molecular complexity index is 575. The van der Waals surface area contributed by atoms with Crippen molar-refractivity contribution in [1.29, 1.82) is 0 Å². The molecule has 0 spiro atoms. The first-order chi connectivity index (χ1) is 8.50. The largest absolute Gasteiger partial charge is 0.0840 e. The van der Waals surface area contributed by atoms with Crippen LogP contribution >= 0.6 is 27.5 Å². The maximum absolute atomic E-state index is 6.19. The minimum absolute atomic E-state index is 0.191. The van der Waals surface area contributed by atoms with Crippen LogP contribution in [0.1, 0.15) is 32.6 Å². The number of hydrogen-bond donors (Lipinski definition) is 0. The van der Waals surface area contributed by atoms with Gasteiger partial charge >= 0.3 is 0 Å². The van der Waals surface area contributed by atoms with E-state index in [4.69, 9.17) is 11.6 Å². The second kappa shape index (κ2) is 5.46. The third-order valence-corrected chi connectivity index (χ3v) is 4.68. The summed E-state index contributed by atoms with van der Waals surface area (Å²) < 4.78 is 0. The molecule has 0 amide bonds. The van der Waals surface area contributed by atoms with Gasteiger partial charge in [0.15, 0.2) is 0 Å². The third-order valence-electron chi connectivity index (χ3n) is 3.28. The third kappa shape index (κ3) is 2.62. The summed E-state index contributed by atoms with van der Waals surface area (Å²) in [5, 5.41) is 0.821. The minimum Gasteiger partial charge on any atom is -0.0840 e. The highest BCUT2D eigenvalue weighted by molar-refractivity contribution is 9.09. The average Bonchev–Trinajstić information content (AvgIpc) is 2.32. The van der Waals surface area contributed by atoms with Gasteiger partial charge in [-0.3, -0.25) is 0 Å². The fourth-order valence-corrected chi connectivity index (χ4v) is 3.37. The Morgan fingerprint density at radius 3 is 2.39 bits per heavy atom. The van der Waals surface area contributed by atoms with Crippen molar-refractivity contribution in [3.05, 3.63) is 69.2 Å². The van der Waals surface area contributed by atoms with Crippen molar-refractivity contribution < 1.29 is 0 Å². The van der Waals surface area contributed by atoms with Crippen LogP contribution in [-0.2, 0) is 0 Å². The van der Waals surface area contributed by atoms with Crippen LogP contribution in [0.3, 0.4) is 0 Å². The first-order valence-electron chi connectivity index (χ1n) is 5.97. The number of alkyl halides is 1. The van der Waals surface area contributed by atoms with Crippen LogP contribution < -0.4 is 0 Å². The van der Waals surface area contributed by atoms with E-state index in [2.05, 4.69) is 61.0 Å². The Hall–Kier alpha value is -0.790. The van der Waals surface area contributed by atoms with Gasteiger partial charge in [-0.05, 0) is 49.1 Å².